The monoisotopic (exact) mass is 253 g/mol. The molecule has 0 bridgehead atoms. The maximum Gasteiger partial charge on any atom is 0.0639 e. The lowest BCUT2D eigenvalue weighted by Crippen LogP contribution is -2.38. The molecule has 3 heteroatoms. The molecule has 17 heavy (non-hydrogen) atoms. The Morgan fingerprint density at radius 1 is 1.41 bits per heavy atom. The fraction of sp³-hybridized carbons (Fsp3) is 0.571. The van der Waals surface area contributed by atoms with Crippen molar-refractivity contribution in [1.82, 2.24) is 0 Å². The van der Waals surface area contributed by atoms with Crippen LogP contribution in [0.15, 0.2) is 24.3 Å². The lowest BCUT2D eigenvalue weighted by Gasteiger charge is -2.34. The summed E-state index contributed by atoms with van der Waals surface area (Å²) in [5, 5.41) is 9.87. The first-order valence-electron chi connectivity index (χ1n) is 6.17. The Bertz CT molecular complexity index is 392. The topological polar surface area (TPSA) is 23.5 Å². The molecule has 1 aliphatic heterocycles. The van der Waals surface area contributed by atoms with E-state index in [-0.39, 0.29) is 12.1 Å². The standard InChI is InChI=1S/C14H20ClNO/c1-14(2)9-11(7-8-17)10-16(14)13-6-4-3-5-12(13)15/h3-6,11,17H,7-10H2,1-2H3. The highest BCUT2D eigenvalue weighted by Crippen LogP contribution is 2.40. The number of hydrogen-bond acceptors (Lipinski definition) is 2. The van der Waals surface area contributed by atoms with Gasteiger partial charge in [0.1, 0.15) is 0 Å². The van der Waals surface area contributed by atoms with Gasteiger partial charge in [0.05, 0.1) is 10.7 Å². The molecule has 1 heterocycles. The Kier molecular flexibility index (Phi) is 3.64. The maximum atomic E-state index is 9.06. The molecule has 0 radical (unpaired) electrons. The van der Waals surface area contributed by atoms with Gasteiger partial charge in [0, 0.05) is 18.7 Å². The van der Waals surface area contributed by atoms with Gasteiger partial charge >= 0.3 is 0 Å². The van der Waals surface area contributed by atoms with Crippen LogP contribution < -0.4 is 4.90 Å². The summed E-state index contributed by atoms with van der Waals surface area (Å²) in [6.07, 6.45) is 1.99. The van der Waals surface area contributed by atoms with Crippen molar-refractivity contribution in [3.63, 3.8) is 0 Å². The number of anilines is 1. The highest BCUT2D eigenvalue weighted by molar-refractivity contribution is 6.33. The molecule has 1 saturated heterocycles. The third-order valence-corrected chi connectivity index (χ3v) is 3.96. The molecular formula is C14H20ClNO. The van der Waals surface area contributed by atoms with Gasteiger partial charge in [0.15, 0.2) is 0 Å². The molecule has 1 N–H and O–H groups in total. The van der Waals surface area contributed by atoms with Crippen LogP contribution in [-0.2, 0) is 0 Å². The summed E-state index contributed by atoms with van der Waals surface area (Å²) in [6, 6.07) is 7.99. The number of benzene rings is 1. The summed E-state index contributed by atoms with van der Waals surface area (Å²) in [7, 11) is 0. The zero-order chi connectivity index (χ0) is 12.5. The van der Waals surface area contributed by atoms with Gasteiger partial charge in [-0.25, -0.2) is 0 Å². The highest BCUT2D eigenvalue weighted by atomic mass is 35.5. The third-order valence-electron chi connectivity index (χ3n) is 3.64. The van der Waals surface area contributed by atoms with Crippen LogP contribution in [0.5, 0.6) is 0 Å². The first-order valence-corrected chi connectivity index (χ1v) is 6.55. The Morgan fingerprint density at radius 2 is 2.12 bits per heavy atom. The molecule has 94 valence electrons. The molecule has 0 amide bonds. The zero-order valence-corrected chi connectivity index (χ0v) is 11.2. The first-order chi connectivity index (χ1) is 8.04. The molecule has 1 unspecified atom stereocenters. The van der Waals surface area contributed by atoms with Crippen molar-refractivity contribution >= 4 is 17.3 Å². The molecule has 0 aliphatic carbocycles. The van der Waals surface area contributed by atoms with Gasteiger partial charge in [-0.05, 0) is 44.7 Å². The minimum Gasteiger partial charge on any atom is -0.396 e. The van der Waals surface area contributed by atoms with Crippen molar-refractivity contribution in [3.05, 3.63) is 29.3 Å². The second kappa shape index (κ2) is 4.87. The lowest BCUT2D eigenvalue weighted by atomic mass is 9.94. The normalized spacial score (nSPS) is 23.1. The van der Waals surface area contributed by atoms with E-state index in [1.807, 2.05) is 18.2 Å². The Hall–Kier alpha value is -0.730. The number of hydrogen-bond donors (Lipinski definition) is 1. The Balaban J connectivity index is 2.24. The molecule has 1 aromatic rings. The van der Waals surface area contributed by atoms with Gasteiger partial charge in [-0.15, -0.1) is 0 Å². The van der Waals surface area contributed by atoms with Gasteiger partial charge in [0.25, 0.3) is 0 Å². The van der Waals surface area contributed by atoms with Crippen molar-refractivity contribution in [2.45, 2.75) is 32.2 Å². The van der Waals surface area contributed by atoms with E-state index in [9.17, 15) is 0 Å². The molecule has 0 aromatic heterocycles. The SMILES string of the molecule is CC1(C)CC(CCO)CN1c1ccccc1Cl. The summed E-state index contributed by atoms with van der Waals surface area (Å²) >= 11 is 6.27. The first kappa shape index (κ1) is 12.7. The molecule has 1 aromatic carbocycles. The van der Waals surface area contributed by atoms with Crippen molar-refractivity contribution in [2.24, 2.45) is 5.92 Å². The largest absolute Gasteiger partial charge is 0.396 e. The molecule has 1 fully saturated rings. The fourth-order valence-electron chi connectivity index (χ4n) is 2.86. The number of aliphatic hydroxyl groups excluding tert-OH is 1. The van der Waals surface area contributed by atoms with Gasteiger partial charge in [-0.3, -0.25) is 0 Å². The van der Waals surface area contributed by atoms with Crippen LogP contribution in [0.1, 0.15) is 26.7 Å². The van der Waals surface area contributed by atoms with E-state index in [1.54, 1.807) is 0 Å². The van der Waals surface area contributed by atoms with Crippen molar-refractivity contribution < 1.29 is 5.11 Å². The smallest absolute Gasteiger partial charge is 0.0639 e. The summed E-state index contributed by atoms with van der Waals surface area (Å²) in [5.74, 6) is 0.561. The lowest BCUT2D eigenvalue weighted by molar-refractivity contribution is 0.259. The van der Waals surface area contributed by atoms with E-state index in [2.05, 4.69) is 24.8 Å². The summed E-state index contributed by atoms with van der Waals surface area (Å²) in [5.41, 5.74) is 1.23. The average Bonchev–Trinajstić information content (AvgIpc) is 2.55. The average molecular weight is 254 g/mol. The van der Waals surface area contributed by atoms with E-state index in [0.29, 0.717) is 5.92 Å². The van der Waals surface area contributed by atoms with E-state index >= 15 is 0 Å². The molecule has 0 saturated carbocycles. The molecule has 2 rings (SSSR count). The van der Waals surface area contributed by atoms with Crippen molar-refractivity contribution in [2.75, 3.05) is 18.1 Å². The second-order valence-electron chi connectivity index (χ2n) is 5.46. The predicted molar refractivity (Wildman–Crippen MR) is 72.7 cm³/mol. The van der Waals surface area contributed by atoms with E-state index < -0.39 is 0 Å². The number of nitrogens with zero attached hydrogens (tertiary/aromatic N) is 1. The van der Waals surface area contributed by atoms with Crippen LogP contribution in [-0.4, -0.2) is 23.8 Å². The minimum absolute atomic E-state index is 0.116. The maximum absolute atomic E-state index is 9.06. The highest BCUT2D eigenvalue weighted by Gasteiger charge is 2.38. The van der Waals surface area contributed by atoms with Gasteiger partial charge < -0.3 is 10.0 Å². The Morgan fingerprint density at radius 3 is 2.76 bits per heavy atom. The molecular weight excluding hydrogens is 234 g/mol. The van der Waals surface area contributed by atoms with Crippen LogP contribution >= 0.6 is 11.6 Å². The predicted octanol–water partition coefficient (Wildman–Crippen LogP) is 3.33. The number of rotatable bonds is 3. The van der Waals surface area contributed by atoms with Crippen molar-refractivity contribution in [1.29, 1.82) is 0 Å². The molecule has 1 atom stereocenters. The zero-order valence-electron chi connectivity index (χ0n) is 10.5. The number of aliphatic hydroxyl groups is 1. The molecule has 1 aliphatic rings. The van der Waals surface area contributed by atoms with Crippen LogP contribution in [0.3, 0.4) is 0 Å². The van der Waals surface area contributed by atoms with Crippen LogP contribution in [0, 0.1) is 5.92 Å². The second-order valence-corrected chi connectivity index (χ2v) is 5.86. The van der Waals surface area contributed by atoms with Crippen LogP contribution in [0.25, 0.3) is 0 Å². The third kappa shape index (κ3) is 2.58. The van der Waals surface area contributed by atoms with Gasteiger partial charge in [-0.1, -0.05) is 23.7 Å². The summed E-state index contributed by atoms with van der Waals surface area (Å²) < 4.78 is 0. The number of halogens is 1. The molecule has 0 spiro atoms. The van der Waals surface area contributed by atoms with Crippen LogP contribution in [0.2, 0.25) is 5.02 Å². The summed E-state index contributed by atoms with van der Waals surface area (Å²) in [4.78, 5) is 2.37. The van der Waals surface area contributed by atoms with Crippen LogP contribution in [0.4, 0.5) is 5.69 Å². The summed E-state index contributed by atoms with van der Waals surface area (Å²) in [6.45, 7) is 5.75. The van der Waals surface area contributed by atoms with Gasteiger partial charge in [-0.2, -0.15) is 0 Å². The fourth-order valence-corrected chi connectivity index (χ4v) is 3.10. The van der Waals surface area contributed by atoms with E-state index in [0.717, 1.165) is 30.1 Å². The van der Waals surface area contributed by atoms with Crippen molar-refractivity contribution in [3.8, 4) is 0 Å². The Labute approximate surface area is 108 Å². The van der Waals surface area contributed by atoms with Gasteiger partial charge in [0.2, 0.25) is 0 Å². The van der Waals surface area contributed by atoms with E-state index in [1.165, 1.54) is 0 Å². The minimum atomic E-state index is 0.116. The quantitative estimate of drug-likeness (QED) is 0.893. The number of para-hydroxylation sites is 1. The molecule has 2 nitrogen and oxygen atoms in total. The van der Waals surface area contributed by atoms with E-state index in [4.69, 9.17) is 16.7 Å².